The first-order chi connectivity index (χ1) is 18.1. The Kier molecular flexibility index (Phi) is 6.64. The topological polar surface area (TPSA) is 99.8 Å². The molecule has 0 spiro atoms. The van der Waals surface area contributed by atoms with Gasteiger partial charge in [0.05, 0.1) is 23.6 Å². The number of ether oxygens (including phenoxy) is 1. The highest BCUT2D eigenvalue weighted by atomic mass is 19.4. The number of aromatic nitrogens is 6. The van der Waals surface area contributed by atoms with Crippen LogP contribution < -0.4 is 5.32 Å². The molecule has 3 heterocycles. The van der Waals surface area contributed by atoms with Crippen LogP contribution >= 0.6 is 0 Å². The molecule has 198 valence electrons. The van der Waals surface area contributed by atoms with E-state index in [0.717, 1.165) is 30.5 Å². The normalized spacial score (nSPS) is 13.5. The Balaban J connectivity index is 1.49. The maximum atomic E-state index is 13.1. The van der Waals surface area contributed by atoms with E-state index in [2.05, 4.69) is 20.4 Å². The number of hydrogen-bond acceptors (Lipinski definition) is 7. The van der Waals surface area contributed by atoms with E-state index in [0.29, 0.717) is 46.9 Å². The molecule has 12 heteroatoms. The molecule has 0 unspecified atom stereocenters. The molecule has 1 fully saturated rings. The Labute approximate surface area is 216 Å². The van der Waals surface area contributed by atoms with Gasteiger partial charge in [0.25, 0.3) is 0 Å². The molecule has 1 aromatic carbocycles. The number of benzene rings is 1. The molecule has 1 N–H and O–H groups in total. The molecule has 0 radical (unpaired) electrons. The largest absolute Gasteiger partial charge is 0.461 e. The first-order valence-electron chi connectivity index (χ1n) is 12.2. The molecule has 0 amide bonds. The van der Waals surface area contributed by atoms with Gasteiger partial charge >= 0.3 is 12.1 Å². The number of halogens is 3. The minimum absolute atomic E-state index is 0.227. The summed E-state index contributed by atoms with van der Waals surface area (Å²) in [5, 5.41) is 12.4. The highest BCUT2D eigenvalue weighted by Crippen LogP contribution is 2.36. The van der Waals surface area contributed by atoms with Crippen LogP contribution in [0.5, 0.6) is 0 Å². The zero-order valence-electron chi connectivity index (χ0n) is 21.1. The van der Waals surface area contributed by atoms with E-state index in [1.807, 2.05) is 11.6 Å². The summed E-state index contributed by atoms with van der Waals surface area (Å²) in [6.45, 7) is 6.26. The Hall–Kier alpha value is -4.22. The third-order valence-corrected chi connectivity index (χ3v) is 6.24. The van der Waals surface area contributed by atoms with Gasteiger partial charge in [-0.2, -0.15) is 23.4 Å². The number of hydrogen-bond donors (Lipinski definition) is 1. The Morgan fingerprint density at radius 2 is 1.84 bits per heavy atom. The number of esters is 1. The van der Waals surface area contributed by atoms with Crippen molar-refractivity contribution in [1.82, 2.24) is 29.5 Å². The van der Waals surface area contributed by atoms with Crippen molar-refractivity contribution >= 4 is 17.6 Å². The lowest BCUT2D eigenvalue weighted by Gasteiger charge is -2.11. The summed E-state index contributed by atoms with van der Waals surface area (Å²) in [4.78, 5) is 21.0. The van der Waals surface area contributed by atoms with Crippen LogP contribution in [0.4, 0.5) is 24.8 Å². The number of alkyl halides is 3. The van der Waals surface area contributed by atoms with Crippen molar-refractivity contribution in [3.63, 3.8) is 0 Å². The van der Waals surface area contributed by atoms with Gasteiger partial charge in [-0.25, -0.2) is 24.1 Å². The van der Waals surface area contributed by atoms with Crippen molar-refractivity contribution in [3.05, 3.63) is 65.2 Å². The van der Waals surface area contributed by atoms with Crippen molar-refractivity contribution < 1.29 is 22.7 Å². The molecule has 0 atom stereocenters. The zero-order valence-corrected chi connectivity index (χ0v) is 21.1. The monoisotopic (exact) mass is 525 g/mol. The average Bonchev–Trinajstić information content (AvgIpc) is 3.54. The van der Waals surface area contributed by atoms with Gasteiger partial charge < -0.3 is 10.1 Å². The summed E-state index contributed by atoms with van der Waals surface area (Å²) in [7, 11) is 0. The average molecular weight is 526 g/mol. The molecule has 1 saturated carbocycles. The Bertz CT molecular complexity index is 1470. The van der Waals surface area contributed by atoms with Gasteiger partial charge in [0.2, 0.25) is 0 Å². The molecule has 1 aliphatic carbocycles. The minimum Gasteiger partial charge on any atom is -0.461 e. The smallest absolute Gasteiger partial charge is 0.416 e. The van der Waals surface area contributed by atoms with Crippen molar-refractivity contribution in [2.24, 2.45) is 5.92 Å². The van der Waals surface area contributed by atoms with Crippen molar-refractivity contribution in [1.29, 1.82) is 0 Å². The molecule has 5 rings (SSSR count). The summed E-state index contributed by atoms with van der Waals surface area (Å²) in [5.41, 5.74) is 2.10. The fourth-order valence-electron chi connectivity index (χ4n) is 4.16. The second kappa shape index (κ2) is 9.92. The van der Waals surface area contributed by atoms with Crippen LogP contribution in [0.1, 0.15) is 47.1 Å². The molecule has 1 aliphatic rings. The van der Waals surface area contributed by atoms with Crippen LogP contribution in [0, 0.1) is 19.8 Å². The molecule has 4 aromatic rings. The lowest BCUT2D eigenvalue weighted by atomic mass is 10.1. The summed E-state index contributed by atoms with van der Waals surface area (Å²) < 4.78 is 47.5. The maximum Gasteiger partial charge on any atom is 0.416 e. The van der Waals surface area contributed by atoms with Crippen LogP contribution in [0.15, 0.2) is 42.7 Å². The van der Waals surface area contributed by atoms with Crippen molar-refractivity contribution in [2.45, 2.75) is 46.3 Å². The van der Waals surface area contributed by atoms with Crippen LogP contribution in [0.3, 0.4) is 0 Å². The fourth-order valence-corrected chi connectivity index (χ4v) is 4.16. The van der Waals surface area contributed by atoms with E-state index in [1.54, 1.807) is 26.0 Å². The number of carbonyl (C=O) groups excluding carboxylic acids is 1. The van der Waals surface area contributed by atoms with Gasteiger partial charge in [-0.1, -0.05) is 12.1 Å². The molecule has 0 saturated heterocycles. The summed E-state index contributed by atoms with van der Waals surface area (Å²) >= 11 is 0. The second-order valence-corrected chi connectivity index (χ2v) is 9.21. The minimum atomic E-state index is -4.41. The number of rotatable bonds is 8. The van der Waals surface area contributed by atoms with Crippen LogP contribution in [-0.2, 0) is 17.5 Å². The fraction of sp³-hybridized carbons (Fsp3) is 0.346. The first-order valence-corrected chi connectivity index (χ1v) is 12.2. The Morgan fingerprint density at radius 3 is 2.50 bits per heavy atom. The van der Waals surface area contributed by atoms with E-state index in [1.165, 1.54) is 23.1 Å². The SMILES string of the molecule is CCOC(=O)c1cc(C)nn1-c1cc(Nc2c(C)c(-c3ccc(C(F)(F)F)cc3)nn2CC2CC2)ncn1. The first kappa shape index (κ1) is 25.4. The van der Waals surface area contributed by atoms with Crippen LogP contribution in [0.25, 0.3) is 17.1 Å². The number of nitrogens with one attached hydrogen (secondary N) is 1. The third-order valence-electron chi connectivity index (χ3n) is 6.24. The lowest BCUT2D eigenvalue weighted by molar-refractivity contribution is -0.137. The van der Waals surface area contributed by atoms with E-state index in [-0.39, 0.29) is 12.3 Å². The molecule has 38 heavy (non-hydrogen) atoms. The quantitative estimate of drug-likeness (QED) is 0.304. The third kappa shape index (κ3) is 5.24. The summed E-state index contributed by atoms with van der Waals surface area (Å²) in [6.07, 6.45) is -0.851. The van der Waals surface area contributed by atoms with E-state index in [9.17, 15) is 18.0 Å². The summed E-state index contributed by atoms with van der Waals surface area (Å²) in [5.74, 6) is 1.47. The number of carbonyl (C=O) groups is 1. The van der Waals surface area contributed by atoms with E-state index >= 15 is 0 Å². The summed E-state index contributed by atoms with van der Waals surface area (Å²) in [6, 6.07) is 8.27. The molecule has 0 aliphatic heterocycles. The lowest BCUT2D eigenvalue weighted by Crippen LogP contribution is -2.13. The molecule has 9 nitrogen and oxygen atoms in total. The molecular weight excluding hydrogens is 499 g/mol. The predicted molar refractivity (Wildman–Crippen MR) is 133 cm³/mol. The zero-order chi connectivity index (χ0) is 27.0. The van der Waals surface area contributed by atoms with Gasteiger partial charge in [-0.05, 0) is 57.7 Å². The van der Waals surface area contributed by atoms with Gasteiger partial charge in [-0.15, -0.1) is 0 Å². The number of anilines is 2. The van der Waals surface area contributed by atoms with Gasteiger partial charge in [0, 0.05) is 23.7 Å². The highest BCUT2D eigenvalue weighted by Gasteiger charge is 2.30. The number of aryl methyl sites for hydroxylation is 1. The highest BCUT2D eigenvalue weighted by molar-refractivity contribution is 5.88. The van der Waals surface area contributed by atoms with Gasteiger partial charge in [-0.3, -0.25) is 0 Å². The van der Waals surface area contributed by atoms with Crippen molar-refractivity contribution in [3.8, 4) is 17.1 Å². The second-order valence-electron chi connectivity index (χ2n) is 9.21. The standard InChI is InChI=1S/C26H26F3N7O2/c1-4-38-25(37)20-11-15(2)33-36(20)22-12-21(30-14-31-22)32-24-16(3)23(34-35(24)13-17-5-6-17)18-7-9-19(10-8-18)26(27,28)29/h7-12,14,17H,4-6,13H2,1-3H3,(H,30,31,32). The molecule has 0 bridgehead atoms. The molecule has 3 aromatic heterocycles. The van der Waals surface area contributed by atoms with Crippen molar-refractivity contribution in [2.75, 3.05) is 11.9 Å². The van der Waals surface area contributed by atoms with E-state index < -0.39 is 17.7 Å². The van der Waals surface area contributed by atoms with E-state index in [4.69, 9.17) is 9.84 Å². The van der Waals surface area contributed by atoms with Crippen LogP contribution in [-0.4, -0.2) is 42.1 Å². The number of nitrogens with zero attached hydrogens (tertiary/aromatic N) is 6. The van der Waals surface area contributed by atoms with Crippen LogP contribution in [0.2, 0.25) is 0 Å². The van der Waals surface area contributed by atoms with Gasteiger partial charge in [0.1, 0.15) is 18.0 Å². The maximum absolute atomic E-state index is 13.1. The predicted octanol–water partition coefficient (Wildman–Crippen LogP) is 5.49. The Morgan fingerprint density at radius 1 is 1.11 bits per heavy atom. The van der Waals surface area contributed by atoms with Gasteiger partial charge in [0.15, 0.2) is 11.5 Å². The molecular formula is C26H26F3N7O2.